The average Bonchev–Trinajstić information content (AvgIpc) is 2.91. The fourth-order valence-corrected chi connectivity index (χ4v) is 2.61. The number of aryl methyl sites for hydroxylation is 1. The van der Waals surface area contributed by atoms with Crippen molar-refractivity contribution in [3.63, 3.8) is 0 Å². The van der Waals surface area contributed by atoms with Crippen molar-refractivity contribution in [2.45, 2.75) is 6.92 Å². The molecule has 2 N–H and O–H groups in total. The van der Waals surface area contributed by atoms with Crippen LogP contribution in [-0.2, 0) is 0 Å². The van der Waals surface area contributed by atoms with E-state index < -0.39 is 0 Å². The third-order valence-corrected chi connectivity index (χ3v) is 4.36. The number of hydrogen-bond donors (Lipinski definition) is 1. The lowest BCUT2D eigenvalue weighted by atomic mass is 10.1. The molecular weight excluding hydrogens is 354 g/mol. The first kappa shape index (κ1) is 14.0. The molecule has 0 amide bonds. The minimum absolute atomic E-state index is 0.597. The first-order chi connectivity index (χ1) is 10.1. The van der Waals surface area contributed by atoms with Crippen molar-refractivity contribution in [3.8, 4) is 17.1 Å². The molecule has 7 heteroatoms. The van der Waals surface area contributed by atoms with Gasteiger partial charge in [-0.25, -0.2) is 0 Å². The van der Waals surface area contributed by atoms with Gasteiger partial charge in [0.2, 0.25) is 0 Å². The van der Waals surface area contributed by atoms with Crippen LogP contribution in [0.1, 0.15) is 5.56 Å². The maximum Gasteiger partial charge on any atom is 0.189 e. The standard InChI is InChI=1S/C14H11BrClN5/c1-8-3-2-4-12(17)13(8)14-18-19-20-21(14)9-5-6-11(16)10(15)7-9/h2-7H,17H2,1H3. The van der Waals surface area contributed by atoms with Crippen LogP contribution >= 0.6 is 27.5 Å². The van der Waals surface area contributed by atoms with E-state index in [1.807, 2.05) is 37.3 Å². The van der Waals surface area contributed by atoms with Crippen molar-refractivity contribution >= 4 is 33.2 Å². The third kappa shape index (κ3) is 2.52. The van der Waals surface area contributed by atoms with E-state index >= 15 is 0 Å². The summed E-state index contributed by atoms with van der Waals surface area (Å²) in [5.74, 6) is 0.597. The Morgan fingerprint density at radius 3 is 2.76 bits per heavy atom. The van der Waals surface area contributed by atoms with Gasteiger partial charge in [-0.2, -0.15) is 4.68 Å². The molecule has 0 radical (unpaired) electrons. The molecule has 0 unspecified atom stereocenters. The number of nitrogens with zero attached hydrogens (tertiary/aromatic N) is 4. The summed E-state index contributed by atoms with van der Waals surface area (Å²) in [6.07, 6.45) is 0. The van der Waals surface area contributed by atoms with Gasteiger partial charge in [0.05, 0.1) is 10.7 Å². The molecule has 2 aromatic carbocycles. The molecule has 0 saturated heterocycles. The van der Waals surface area contributed by atoms with Gasteiger partial charge in [-0.15, -0.1) is 5.10 Å². The highest BCUT2D eigenvalue weighted by Crippen LogP contribution is 2.30. The number of aromatic nitrogens is 4. The highest BCUT2D eigenvalue weighted by molar-refractivity contribution is 9.10. The molecule has 0 fully saturated rings. The van der Waals surface area contributed by atoms with Crippen LogP contribution in [0.15, 0.2) is 40.9 Å². The van der Waals surface area contributed by atoms with Gasteiger partial charge in [0.1, 0.15) is 0 Å². The quantitative estimate of drug-likeness (QED) is 0.705. The van der Waals surface area contributed by atoms with E-state index in [0.29, 0.717) is 16.5 Å². The highest BCUT2D eigenvalue weighted by atomic mass is 79.9. The number of nitrogen functional groups attached to an aromatic ring is 1. The molecule has 5 nitrogen and oxygen atoms in total. The van der Waals surface area contributed by atoms with Crippen molar-refractivity contribution < 1.29 is 0 Å². The second-order valence-electron chi connectivity index (χ2n) is 4.55. The SMILES string of the molecule is Cc1cccc(N)c1-c1nnnn1-c1ccc(Cl)c(Br)c1. The predicted octanol–water partition coefficient (Wildman–Crippen LogP) is 3.64. The zero-order valence-corrected chi connectivity index (χ0v) is 13.4. The highest BCUT2D eigenvalue weighted by Gasteiger charge is 2.16. The monoisotopic (exact) mass is 363 g/mol. The molecule has 0 spiro atoms. The van der Waals surface area contributed by atoms with E-state index in [4.69, 9.17) is 17.3 Å². The van der Waals surface area contributed by atoms with E-state index in [1.165, 1.54) is 0 Å². The fraction of sp³-hybridized carbons (Fsp3) is 0.0714. The van der Waals surface area contributed by atoms with Crippen LogP contribution in [0.5, 0.6) is 0 Å². The maximum atomic E-state index is 6.07. The molecule has 0 atom stereocenters. The number of hydrogen-bond acceptors (Lipinski definition) is 4. The van der Waals surface area contributed by atoms with Crippen LogP contribution in [0.4, 0.5) is 5.69 Å². The molecule has 3 aromatic rings. The van der Waals surface area contributed by atoms with Gasteiger partial charge >= 0.3 is 0 Å². The largest absolute Gasteiger partial charge is 0.398 e. The van der Waals surface area contributed by atoms with Crippen molar-refractivity contribution in [3.05, 3.63) is 51.5 Å². The Balaban J connectivity index is 2.20. The average molecular weight is 365 g/mol. The second-order valence-corrected chi connectivity index (χ2v) is 5.81. The van der Waals surface area contributed by atoms with Crippen LogP contribution in [0.3, 0.4) is 0 Å². The summed E-state index contributed by atoms with van der Waals surface area (Å²) in [6, 6.07) is 11.2. The van der Waals surface area contributed by atoms with E-state index in [1.54, 1.807) is 10.7 Å². The van der Waals surface area contributed by atoms with Crippen LogP contribution in [0, 0.1) is 6.92 Å². The zero-order valence-electron chi connectivity index (χ0n) is 11.1. The van der Waals surface area contributed by atoms with Gasteiger partial charge in [0.25, 0.3) is 0 Å². The Morgan fingerprint density at radius 1 is 1.24 bits per heavy atom. The Labute approximate surface area is 134 Å². The van der Waals surface area contributed by atoms with Gasteiger partial charge in [-0.05, 0) is 63.1 Å². The number of anilines is 1. The first-order valence-electron chi connectivity index (χ1n) is 6.17. The molecule has 0 bridgehead atoms. The Morgan fingerprint density at radius 2 is 2.05 bits per heavy atom. The first-order valence-corrected chi connectivity index (χ1v) is 7.34. The summed E-state index contributed by atoms with van der Waals surface area (Å²) in [7, 11) is 0. The predicted molar refractivity (Wildman–Crippen MR) is 86.4 cm³/mol. The zero-order chi connectivity index (χ0) is 15.0. The molecule has 3 rings (SSSR count). The summed E-state index contributed by atoms with van der Waals surface area (Å²) < 4.78 is 2.42. The smallest absolute Gasteiger partial charge is 0.189 e. The van der Waals surface area contributed by atoms with Gasteiger partial charge in [0, 0.05) is 15.7 Å². The molecule has 21 heavy (non-hydrogen) atoms. The number of tetrazole rings is 1. The molecule has 0 aliphatic heterocycles. The van der Waals surface area contributed by atoms with E-state index in [9.17, 15) is 0 Å². The number of nitrogens with two attached hydrogens (primary N) is 1. The minimum atomic E-state index is 0.597. The van der Waals surface area contributed by atoms with Crippen molar-refractivity contribution in [2.24, 2.45) is 0 Å². The summed E-state index contributed by atoms with van der Waals surface area (Å²) in [4.78, 5) is 0. The van der Waals surface area contributed by atoms with Gasteiger partial charge in [-0.3, -0.25) is 0 Å². The lowest BCUT2D eigenvalue weighted by molar-refractivity contribution is 0.791. The van der Waals surface area contributed by atoms with E-state index in [0.717, 1.165) is 21.3 Å². The molecule has 0 aliphatic carbocycles. The summed E-state index contributed by atoms with van der Waals surface area (Å²) in [5.41, 5.74) is 9.35. The maximum absolute atomic E-state index is 6.07. The Kier molecular flexibility index (Phi) is 3.65. The number of rotatable bonds is 2. The Hall–Kier alpha value is -1.92. The van der Waals surface area contributed by atoms with Crippen molar-refractivity contribution in [1.29, 1.82) is 0 Å². The van der Waals surface area contributed by atoms with E-state index in [-0.39, 0.29) is 0 Å². The number of benzene rings is 2. The minimum Gasteiger partial charge on any atom is -0.398 e. The molecular formula is C14H11BrClN5. The van der Waals surface area contributed by atoms with Crippen LogP contribution in [-0.4, -0.2) is 20.2 Å². The topological polar surface area (TPSA) is 69.6 Å². The van der Waals surface area contributed by atoms with Crippen molar-refractivity contribution in [2.75, 3.05) is 5.73 Å². The van der Waals surface area contributed by atoms with Gasteiger partial charge < -0.3 is 5.73 Å². The Bertz CT molecular complexity index is 795. The summed E-state index contributed by atoms with van der Waals surface area (Å²) >= 11 is 9.42. The fourth-order valence-electron chi connectivity index (χ4n) is 2.13. The second kappa shape index (κ2) is 5.46. The van der Waals surface area contributed by atoms with Crippen LogP contribution in [0.25, 0.3) is 17.1 Å². The molecule has 106 valence electrons. The van der Waals surface area contributed by atoms with Crippen LogP contribution < -0.4 is 5.73 Å². The molecule has 1 heterocycles. The third-order valence-electron chi connectivity index (χ3n) is 3.15. The molecule has 0 aliphatic rings. The lowest BCUT2D eigenvalue weighted by Gasteiger charge is -2.10. The van der Waals surface area contributed by atoms with Gasteiger partial charge in [0.15, 0.2) is 5.82 Å². The normalized spacial score (nSPS) is 10.8. The van der Waals surface area contributed by atoms with Crippen molar-refractivity contribution in [1.82, 2.24) is 20.2 Å². The number of halogens is 2. The summed E-state index contributed by atoms with van der Waals surface area (Å²) in [5, 5.41) is 12.6. The molecule has 0 saturated carbocycles. The van der Waals surface area contributed by atoms with E-state index in [2.05, 4.69) is 31.5 Å². The summed E-state index contributed by atoms with van der Waals surface area (Å²) in [6.45, 7) is 1.97. The molecule has 1 aromatic heterocycles. The lowest BCUT2D eigenvalue weighted by Crippen LogP contribution is -2.03. The van der Waals surface area contributed by atoms with Crippen LogP contribution in [0.2, 0.25) is 5.02 Å². The van der Waals surface area contributed by atoms with Gasteiger partial charge in [-0.1, -0.05) is 23.7 Å².